The molecule has 2 unspecified atom stereocenters. The Kier molecular flexibility index (Phi) is 5.82. The highest BCUT2D eigenvalue weighted by atomic mass is 16.6. The second-order valence-electron chi connectivity index (χ2n) is 8.38. The molecule has 0 saturated carbocycles. The topological polar surface area (TPSA) is 89.2 Å². The molecule has 2 heterocycles. The molecule has 1 N–H and O–H groups in total. The van der Waals surface area contributed by atoms with Crippen LogP contribution in [-0.4, -0.2) is 42.8 Å². The maximum Gasteiger partial charge on any atom is 0.315 e. The predicted molar refractivity (Wildman–Crippen MR) is 119 cm³/mol. The van der Waals surface area contributed by atoms with E-state index in [1.807, 2.05) is 38.1 Å². The highest BCUT2D eigenvalue weighted by Gasteiger charge is 2.37. The molecule has 8 nitrogen and oxygen atoms in total. The van der Waals surface area contributed by atoms with Crippen LogP contribution in [-0.2, 0) is 6.61 Å². The Labute approximate surface area is 182 Å². The van der Waals surface area contributed by atoms with Crippen molar-refractivity contribution < 1.29 is 14.4 Å². The van der Waals surface area contributed by atoms with Gasteiger partial charge in [-0.2, -0.15) is 5.10 Å². The number of fused-ring (bicyclic) bond motifs is 1. The van der Waals surface area contributed by atoms with Gasteiger partial charge in [-0.15, -0.1) is 0 Å². The van der Waals surface area contributed by atoms with Gasteiger partial charge in [0, 0.05) is 37.2 Å². The molecule has 1 saturated heterocycles. The van der Waals surface area contributed by atoms with Crippen LogP contribution in [0.25, 0.3) is 0 Å². The van der Waals surface area contributed by atoms with Crippen molar-refractivity contribution in [3.63, 3.8) is 0 Å². The third kappa shape index (κ3) is 4.20. The third-order valence-corrected chi connectivity index (χ3v) is 6.15. The quantitative estimate of drug-likeness (QED) is 0.561. The summed E-state index contributed by atoms with van der Waals surface area (Å²) in [5, 5.41) is 16.4. The Balaban J connectivity index is 1.65. The zero-order valence-corrected chi connectivity index (χ0v) is 18.3. The number of nitrogens with one attached hydrogen (secondary N) is 1. The minimum Gasteiger partial charge on any atom is -0.493 e. The van der Waals surface area contributed by atoms with Crippen molar-refractivity contribution >= 4 is 11.4 Å². The number of nitro benzene ring substituents is 1. The maximum absolute atomic E-state index is 11.9. The third-order valence-electron chi connectivity index (χ3n) is 6.15. The van der Waals surface area contributed by atoms with E-state index < -0.39 is 4.92 Å². The Morgan fingerprint density at radius 1 is 1.29 bits per heavy atom. The van der Waals surface area contributed by atoms with E-state index in [9.17, 15) is 10.1 Å². The van der Waals surface area contributed by atoms with E-state index in [-0.39, 0.29) is 30.0 Å². The van der Waals surface area contributed by atoms with Crippen molar-refractivity contribution in [1.29, 1.82) is 0 Å². The first-order chi connectivity index (χ1) is 14.9. The molecule has 1 fully saturated rings. The van der Waals surface area contributed by atoms with E-state index >= 15 is 0 Å². The van der Waals surface area contributed by atoms with E-state index in [4.69, 9.17) is 9.47 Å². The number of piperidine rings is 1. The van der Waals surface area contributed by atoms with Crippen LogP contribution >= 0.6 is 0 Å². The molecular weight excluding hydrogens is 396 g/mol. The molecule has 0 radical (unpaired) electrons. The molecule has 0 aliphatic carbocycles. The van der Waals surface area contributed by atoms with E-state index in [0.717, 1.165) is 47.5 Å². The summed E-state index contributed by atoms with van der Waals surface area (Å²) in [7, 11) is 3.59. The number of likely N-dealkylation sites (tertiary alicyclic amines) is 1. The van der Waals surface area contributed by atoms with Gasteiger partial charge in [0.25, 0.3) is 0 Å². The number of ether oxygens (including phenoxy) is 2. The number of nitrogens with zero attached hydrogens (tertiary/aromatic N) is 3. The fraction of sp³-hybridized carbons (Fsp3) is 0.435. The zero-order chi connectivity index (χ0) is 22.1. The summed E-state index contributed by atoms with van der Waals surface area (Å²) in [5.74, 6) is 0.691. The molecule has 0 bridgehead atoms. The summed E-state index contributed by atoms with van der Waals surface area (Å²) in [4.78, 5) is 13.8. The average Bonchev–Trinajstić information content (AvgIpc) is 3.16. The Bertz CT molecular complexity index is 1040. The van der Waals surface area contributed by atoms with Crippen LogP contribution < -0.4 is 14.9 Å². The van der Waals surface area contributed by atoms with Crippen molar-refractivity contribution in [2.24, 2.45) is 11.0 Å². The summed E-state index contributed by atoms with van der Waals surface area (Å²) in [6.07, 6.45) is 0.904. The molecule has 2 atom stereocenters. The molecule has 0 aromatic heterocycles. The van der Waals surface area contributed by atoms with Crippen molar-refractivity contribution in [3.8, 4) is 11.5 Å². The van der Waals surface area contributed by atoms with Crippen LogP contribution in [0.1, 0.15) is 34.7 Å². The Hall–Kier alpha value is -3.13. The van der Waals surface area contributed by atoms with E-state index in [2.05, 4.69) is 22.5 Å². The molecule has 4 rings (SSSR count). The molecule has 0 amide bonds. The fourth-order valence-corrected chi connectivity index (χ4v) is 4.33. The highest BCUT2D eigenvalue weighted by Crippen LogP contribution is 2.43. The van der Waals surface area contributed by atoms with Gasteiger partial charge in [-0.05, 0) is 43.7 Å². The predicted octanol–water partition coefficient (Wildman–Crippen LogP) is 3.75. The molecule has 31 heavy (non-hydrogen) atoms. The van der Waals surface area contributed by atoms with Crippen LogP contribution in [0.3, 0.4) is 0 Å². The molecule has 8 heteroatoms. The molecule has 2 aromatic rings. The summed E-state index contributed by atoms with van der Waals surface area (Å²) < 4.78 is 11.5. The normalized spacial score (nSPS) is 20.6. The maximum atomic E-state index is 11.9. The van der Waals surface area contributed by atoms with Gasteiger partial charge in [0.2, 0.25) is 5.75 Å². The minimum absolute atomic E-state index is 0.0981. The van der Waals surface area contributed by atoms with E-state index in [0.29, 0.717) is 5.75 Å². The summed E-state index contributed by atoms with van der Waals surface area (Å²) in [5.41, 5.74) is 8.17. The second-order valence-corrected chi connectivity index (χ2v) is 8.38. The number of hydrogen-bond acceptors (Lipinski definition) is 7. The number of rotatable bonds is 6. The van der Waals surface area contributed by atoms with Crippen molar-refractivity contribution in [2.75, 3.05) is 27.2 Å². The first-order valence-corrected chi connectivity index (χ1v) is 10.4. The van der Waals surface area contributed by atoms with Crippen LogP contribution in [0.15, 0.2) is 35.4 Å². The standard InChI is InChI=1S/C23H28N4O4/c1-14-5-6-15(2)17(9-14)13-31-23-20(27(28)29)10-16(11-21(23)30-4)22-18-12-26(3)8-7-19(18)24-25-22/h5-6,9-11,18,22,25H,7-8,12-13H2,1-4H3. The number of hydrazone groups is 1. The van der Waals surface area contributed by atoms with Crippen LogP contribution in [0.4, 0.5) is 5.69 Å². The van der Waals surface area contributed by atoms with Gasteiger partial charge in [0.05, 0.1) is 18.1 Å². The first-order valence-electron chi connectivity index (χ1n) is 10.4. The van der Waals surface area contributed by atoms with Gasteiger partial charge in [-0.25, -0.2) is 0 Å². The lowest BCUT2D eigenvalue weighted by Gasteiger charge is -2.31. The minimum atomic E-state index is -0.409. The first kappa shape index (κ1) is 21.1. The van der Waals surface area contributed by atoms with Gasteiger partial charge in [0.1, 0.15) is 6.61 Å². The Morgan fingerprint density at radius 3 is 2.84 bits per heavy atom. The summed E-state index contributed by atoms with van der Waals surface area (Å²) >= 11 is 0. The van der Waals surface area contributed by atoms with Gasteiger partial charge >= 0.3 is 5.69 Å². The number of aryl methyl sites for hydroxylation is 2. The number of nitro groups is 1. The van der Waals surface area contributed by atoms with Gasteiger partial charge in [-0.1, -0.05) is 23.8 Å². The van der Waals surface area contributed by atoms with Crippen LogP contribution in [0.5, 0.6) is 11.5 Å². The summed E-state index contributed by atoms with van der Waals surface area (Å²) in [6.45, 7) is 6.06. The lowest BCUT2D eigenvalue weighted by molar-refractivity contribution is -0.386. The lowest BCUT2D eigenvalue weighted by Crippen LogP contribution is -2.39. The van der Waals surface area contributed by atoms with E-state index in [1.54, 1.807) is 6.07 Å². The molecule has 0 spiro atoms. The number of benzene rings is 2. The summed E-state index contributed by atoms with van der Waals surface area (Å²) in [6, 6.07) is 9.38. The number of methoxy groups -OCH3 is 1. The van der Waals surface area contributed by atoms with Crippen LogP contribution in [0, 0.1) is 29.9 Å². The highest BCUT2D eigenvalue weighted by molar-refractivity contribution is 5.90. The van der Waals surface area contributed by atoms with Gasteiger partial charge < -0.3 is 19.8 Å². The Morgan fingerprint density at radius 2 is 2.10 bits per heavy atom. The molecule has 164 valence electrons. The molecule has 2 aromatic carbocycles. The lowest BCUT2D eigenvalue weighted by atomic mass is 9.86. The smallest absolute Gasteiger partial charge is 0.315 e. The SMILES string of the molecule is COc1cc(C2NN=C3CCN(C)CC32)cc([N+](=O)[O-])c1OCc1cc(C)ccc1C. The largest absolute Gasteiger partial charge is 0.493 e. The molecule has 2 aliphatic rings. The van der Waals surface area contributed by atoms with Crippen molar-refractivity contribution in [3.05, 3.63) is 62.7 Å². The fourth-order valence-electron chi connectivity index (χ4n) is 4.33. The number of hydrogen-bond donors (Lipinski definition) is 1. The van der Waals surface area contributed by atoms with E-state index in [1.165, 1.54) is 7.11 Å². The van der Waals surface area contributed by atoms with Gasteiger partial charge in [-0.3, -0.25) is 10.1 Å². The zero-order valence-electron chi connectivity index (χ0n) is 18.3. The van der Waals surface area contributed by atoms with Crippen molar-refractivity contribution in [1.82, 2.24) is 10.3 Å². The monoisotopic (exact) mass is 424 g/mol. The van der Waals surface area contributed by atoms with Crippen molar-refractivity contribution in [2.45, 2.75) is 32.9 Å². The van der Waals surface area contributed by atoms with Crippen LogP contribution in [0.2, 0.25) is 0 Å². The molecular formula is C23H28N4O4. The molecule has 2 aliphatic heterocycles. The van der Waals surface area contributed by atoms with Gasteiger partial charge in [0.15, 0.2) is 5.75 Å². The second kappa shape index (κ2) is 8.55. The average molecular weight is 425 g/mol.